The molecule has 3 heterocycles. The standard InChI is InChI=1S/C36H43ClN5O7PSi/c1-7-20-44-33-31-32(39-34(40-33)41-35(43)45-21-8-2)42(25-38-31)30-23-28(49-50(37)46-22-9-3)29(48-30)24-47-51(36(4,5)6,26-16-12-10-13-17-26)27-18-14-11-15-19-27/h7-19,25,28-30H,1-3,20-24H2,4-6H3,(H,39,40,41,43)/t28-,29+,30+,50?/m0/s1. The first-order valence-electron chi connectivity index (χ1n) is 16.4. The highest BCUT2D eigenvalue weighted by atomic mass is 35.7. The Balaban J connectivity index is 1.51. The Kier molecular flexibility index (Phi) is 13.2. The van der Waals surface area contributed by atoms with Crippen LogP contribution < -0.4 is 20.4 Å². The van der Waals surface area contributed by atoms with Gasteiger partial charge in [-0.3, -0.25) is 9.88 Å². The predicted molar refractivity (Wildman–Crippen MR) is 202 cm³/mol. The van der Waals surface area contributed by atoms with E-state index in [9.17, 15) is 4.79 Å². The smallest absolute Gasteiger partial charge is 0.414 e. The molecule has 2 aromatic carbocycles. The van der Waals surface area contributed by atoms with E-state index in [-0.39, 0.29) is 43.3 Å². The van der Waals surface area contributed by atoms with E-state index in [1.165, 1.54) is 6.08 Å². The molecule has 1 aliphatic rings. The Bertz CT molecular complexity index is 1750. The zero-order valence-electron chi connectivity index (χ0n) is 28.9. The van der Waals surface area contributed by atoms with E-state index in [0.717, 1.165) is 10.4 Å². The highest BCUT2D eigenvalue weighted by molar-refractivity contribution is 7.76. The number of carbonyl (C=O) groups excluding carboxylic acids is 1. The molecule has 0 radical (unpaired) electrons. The number of hydrogen-bond acceptors (Lipinski definition) is 10. The second-order valence-electron chi connectivity index (χ2n) is 12.6. The van der Waals surface area contributed by atoms with Gasteiger partial charge in [-0.15, -0.1) is 6.58 Å². The number of rotatable bonds is 17. The third-order valence-electron chi connectivity index (χ3n) is 8.16. The molecule has 15 heteroatoms. The van der Waals surface area contributed by atoms with E-state index < -0.39 is 40.6 Å². The van der Waals surface area contributed by atoms with Crippen molar-refractivity contribution in [1.29, 1.82) is 0 Å². The highest BCUT2D eigenvalue weighted by Crippen LogP contribution is 2.49. The van der Waals surface area contributed by atoms with E-state index >= 15 is 0 Å². The summed E-state index contributed by atoms with van der Waals surface area (Å²) in [7, 11) is -4.71. The van der Waals surface area contributed by atoms with Crippen LogP contribution in [0, 0.1) is 0 Å². The van der Waals surface area contributed by atoms with E-state index in [1.54, 1.807) is 23.0 Å². The molecule has 0 spiro atoms. The lowest BCUT2D eigenvalue weighted by Crippen LogP contribution is -2.67. The summed E-state index contributed by atoms with van der Waals surface area (Å²) in [6.45, 7) is 18.2. The molecule has 1 N–H and O–H groups in total. The number of ether oxygens (including phenoxy) is 3. The molecular formula is C36H43ClN5O7PSi. The van der Waals surface area contributed by atoms with Crippen molar-refractivity contribution in [2.24, 2.45) is 0 Å². The second-order valence-corrected chi connectivity index (χ2v) is 18.6. The van der Waals surface area contributed by atoms with Gasteiger partial charge in [-0.05, 0) is 26.7 Å². The summed E-state index contributed by atoms with van der Waals surface area (Å²) in [5, 5.41) is 4.56. The zero-order chi connectivity index (χ0) is 36.4. The van der Waals surface area contributed by atoms with Crippen molar-refractivity contribution in [1.82, 2.24) is 19.5 Å². The largest absolute Gasteiger partial charge is 0.472 e. The SMILES string of the molecule is C=CCOC(=O)Nc1nc(OCC=C)c2ncn([C@H]3C[C@H](OP(Cl)OCC=C)[C@@H](CO[Si](c4ccccc4)(c4ccccc4)C(C)(C)C)O3)c2n1. The van der Waals surface area contributed by atoms with Gasteiger partial charge in [-0.25, -0.2) is 9.78 Å². The summed E-state index contributed by atoms with van der Waals surface area (Å²) in [5.74, 6) is 0.106. The Morgan fingerprint density at radius 3 is 2.27 bits per heavy atom. The average Bonchev–Trinajstić information content (AvgIpc) is 3.73. The molecule has 1 aliphatic heterocycles. The number of amides is 1. The van der Waals surface area contributed by atoms with Crippen LogP contribution in [0.1, 0.15) is 33.4 Å². The minimum atomic E-state index is -2.92. The van der Waals surface area contributed by atoms with E-state index in [2.05, 4.69) is 85.0 Å². The number of benzene rings is 2. The number of fused-ring (bicyclic) bond motifs is 1. The molecule has 5 rings (SSSR count). The Hall–Kier alpha value is -3.94. The van der Waals surface area contributed by atoms with Crippen LogP contribution in [0.15, 0.2) is 105 Å². The number of nitrogens with one attached hydrogen (secondary N) is 1. The third kappa shape index (κ3) is 8.93. The summed E-state index contributed by atoms with van der Waals surface area (Å²) in [5.41, 5.74) is 0.722. The Morgan fingerprint density at radius 1 is 1.02 bits per heavy atom. The molecule has 0 saturated carbocycles. The van der Waals surface area contributed by atoms with Crippen molar-refractivity contribution in [2.45, 2.75) is 50.7 Å². The van der Waals surface area contributed by atoms with Crippen LogP contribution in [-0.2, 0) is 22.9 Å². The highest BCUT2D eigenvalue weighted by Gasteiger charge is 2.51. The number of anilines is 1. The number of halogens is 1. The lowest BCUT2D eigenvalue weighted by atomic mass is 10.2. The lowest BCUT2D eigenvalue weighted by Gasteiger charge is -2.43. The van der Waals surface area contributed by atoms with Gasteiger partial charge in [0.05, 0.1) is 25.6 Å². The molecule has 51 heavy (non-hydrogen) atoms. The molecule has 0 bridgehead atoms. The molecule has 4 atom stereocenters. The first kappa shape index (κ1) is 38.3. The van der Waals surface area contributed by atoms with Crippen molar-refractivity contribution < 1.29 is 32.5 Å². The van der Waals surface area contributed by atoms with Crippen LogP contribution in [0.5, 0.6) is 5.88 Å². The molecule has 2 aromatic heterocycles. The summed E-state index contributed by atoms with van der Waals surface area (Å²) in [6, 6.07) is 20.7. The summed E-state index contributed by atoms with van der Waals surface area (Å²) in [4.78, 5) is 25.9. The van der Waals surface area contributed by atoms with Gasteiger partial charge in [0, 0.05) is 6.42 Å². The van der Waals surface area contributed by atoms with Crippen LogP contribution in [-0.4, -0.2) is 72.6 Å². The van der Waals surface area contributed by atoms with Gasteiger partial charge in [0.25, 0.3) is 16.0 Å². The monoisotopic (exact) mass is 751 g/mol. The number of nitrogens with zero attached hydrogens (tertiary/aromatic N) is 4. The minimum absolute atomic E-state index is 0.0140. The van der Waals surface area contributed by atoms with E-state index in [4.69, 9.17) is 38.9 Å². The van der Waals surface area contributed by atoms with Crippen molar-refractivity contribution in [3.63, 3.8) is 0 Å². The number of hydrogen-bond donors (Lipinski definition) is 1. The Morgan fingerprint density at radius 2 is 1.67 bits per heavy atom. The fourth-order valence-electron chi connectivity index (χ4n) is 6.01. The maximum atomic E-state index is 12.4. The first-order chi connectivity index (χ1) is 24.6. The predicted octanol–water partition coefficient (Wildman–Crippen LogP) is 7.04. The fraction of sp³-hybridized carbons (Fsp3) is 0.333. The van der Waals surface area contributed by atoms with E-state index in [0.29, 0.717) is 17.6 Å². The van der Waals surface area contributed by atoms with Gasteiger partial charge in [-0.1, -0.05) is 113 Å². The van der Waals surface area contributed by atoms with Crippen LogP contribution in [0.2, 0.25) is 5.04 Å². The van der Waals surface area contributed by atoms with Gasteiger partial charge in [-0.2, -0.15) is 9.97 Å². The maximum Gasteiger partial charge on any atom is 0.414 e. The summed E-state index contributed by atoms with van der Waals surface area (Å²) in [6.07, 6.45) is 4.14. The summed E-state index contributed by atoms with van der Waals surface area (Å²) < 4.78 is 38.6. The zero-order valence-corrected chi connectivity index (χ0v) is 31.6. The normalized spacial score (nSPS) is 18.2. The molecule has 4 aromatic rings. The number of carbonyl (C=O) groups is 1. The van der Waals surface area contributed by atoms with Gasteiger partial charge < -0.3 is 27.7 Å². The van der Waals surface area contributed by atoms with Gasteiger partial charge in [0.1, 0.15) is 25.5 Å². The van der Waals surface area contributed by atoms with Gasteiger partial charge in [0.2, 0.25) is 11.8 Å². The number of aromatic nitrogens is 4. The van der Waals surface area contributed by atoms with Gasteiger partial charge >= 0.3 is 6.09 Å². The van der Waals surface area contributed by atoms with E-state index in [1.807, 2.05) is 36.4 Å². The molecule has 12 nitrogen and oxygen atoms in total. The first-order valence-corrected chi connectivity index (χ1v) is 20.4. The second kappa shape index (κ2) is 17.5. The molecule has 270 valence electrons. The molecular weight excluding hydrogens is 709 g/mol. The van der Waals surface area contributed by atoms with Crippen molar-refractivity contribution in [3.8, 4) is 5.88 Å². The van der Waals surface area contributed by atoms with Crippen LogP contribution >= 0.6 is 19.0 Å². The maximum absolute atomic E-state index is 12.4. The van der Waals surface area contributed by atoms with Crippen molar-refractivity contribution in [2.75, 3.05) is 31.7 Å². The van der Waals surface area contributed by atoms with Crippen LogP contribution in [0.4, 0.5) is 10.7 Å². The third-order valence-corrected chi connectivity index (χ3v) is 14.5. The van der Waals surface area contributed by atoms with Crippen LogP contribution in [0.25, 0.3) is 11.2 Å². The molecule has 1 amide bonds. The Labute approximate surface area is 305 Å². The summed E-state index contributed by atoms with van der Waals surface area (Å²) >= 11 is 6.56. The fourth-order valence-corrected chi connectivity index (χ4v) is 11.8. The topological polar surface area (TPSA) is 128 Å². The molecule has 1 saturated heterocycles. The van der Waals surface area contributed by atoms with Crippen molar-refractivity contribution in [3.05, 3.63) is 105 Å². The van der Waals surface area contributed by atoms with Gasteiger partial charge in [0.15, 0.2) is 11.2 Å². The lowest BCUT2D eigenvalue weighted by molar-refractivity contribution is -0.0356. The average molecular weight is 752 g/mol. The van der Waals surface area contributed by atoms with Crippen LogP contribution in [0.3, 0.4) is 0 Å². The minimum Gasteiger partial charge on any atom is -0.472 e. The molecule has 0 aliphatic carbocycles. The van der Waals surface area contributed by atoms with Crippen molar-refractivity contribution >= 4 is 60.9 Å². The molecule has 1 fully saturated rings. The number of imidazole rings is 1. The molecule has 1 unspecified atom stereocenters. The quantitative estimate of drug-likeness (QED) is 0.0682.